The van der Waals surface area contributed by atoms with Gasteiger partial charge in [0.25, 0.3) is 11.8 Å². The normalized spacial score (nSPS) is 13.2. The van der Waals surface area contributed by atoms with Crippen LogP contribution in [0.5, 0.6) is 0 Å². The lowest BCUT2D eigenvalue weighted by Gasteiger charge is -2.12. The molecule has 2 heterocycles. The van der Waals surface area contributed by atoms with E-state index in [1.165, 1.54) is 18.3 Å². The number of hydroxylamine groups is 2. The zero-order chi connectivity index (χ0) is 16.6. The molecule has 0 atom stereocenters. The van der Waals surface area contributed by atoms with E-state index in [1.54, 1.807) is 12.1 Å². The van der Waals surface area contributed by atoms with E-state index in [4.69, 9.17) is 16.4 Å². The lowest BCUT2D eigenvalue weighted by atomic mass is 10.1. The van der Waals surface area contributed by atoms with Crippen LogP contribution in [0.2, 0.25) is 5.02 Å². The predicted octanol–water partition coefficient (Wildman–Crippen LogP) is 2.06. The minimum Gasteiger partial charge on any atom is -0.322 e. The van der Waals surface area contributed by atoms with Crippen LogP contribution in [0.25, 0.3) is 0 Å². The Morgan fingerprint density at radius 2 is 1.83 bits per heavy atom. The molecule has 1 aromatic heterocycles. The van der Waals surface area contributed by atoms with E-state index in [0.717, 1.165) is 0 Å². The molecular formula is C15H10ClN3O4. The molecule has 1 aliphatic heterocycles. The third-order valence-corrected chi connectivity index (χ3v) is 3.51. The number of nitrogens with zero attached hydrogens (tertiary/aromatic N) is 3. The molecule has 0 unspecified atom stereocenters. The lowest BCUT2D eigenvalue weighted by molar-refractivity contribution is -0.0588. The molecule has 2 aromatic rings. The van der Waals surface area contributed by atoms with Gasteiger partial charge in [-0.2, -0.15) is 0 Å². The highest BCUT2D eigenvalue weighted by atomic mass is 35.5. The Bertz CT molecular complexity index is 802. The molecule has 116 valence electrons. The van der Waals surface area contributed by atoms with E-state index in [0.29, 0.717) is 17.3 Å². The van der Waals surface area contributed by atoms with Gasteiger partial charge in [0.2, 0.25) is 0 Å². The van der Waals surface area contributed by atoms with Crippen molar-refractivity contribution < 1.29 is 19.2 Å². The third-order valence-electron chi connectivity index (χ3n) is 3.23. The Kier molecular flexibility index (Phi) is 3.79. The number of benzene rings is 1. The van der Waals surface area contributed by atoms with Crippen molar-refractivity contribution in [2.45, 2.75) is 13.3 Å². The van der Waals surface area contributed by atoms with E-state index < -0.39 is 17.8 Å². The highest BCUT2D eigenvalue weighted by Gasteiger charge is 2.39. The summed E-state index contributed by atoms with van der Waals surface area (Å²) in [5.41, 5.74) is 0.150. The van der Waals surface area contributed by atoms with Crippen LogP contribution in [0.15, 0.2) is 30.5 Å². The van der Waals surface area contributed by atoms with Gasteiger partial charge in [0, 0.05) is 6.42 Å². The summed E-state index contributed by atoms with van der Waals surface area (Å²) in [6.07, 6.45) is 1.76. The van der Waals surface area contributed by atoms with Crippen LogP contribution in [0.4, 0.5) is 0 Å². The zero-order valence-corrected chi connectivity index (χ0v) is 12.7. The summed E-state index contributed by atoms with van der Waals surface area (Å²) in [5, 5.41) is 0.389. The Labute approximate surface area is 135 Å². The van der Waals surface area contributed by atoms with Crippen molar-refractivity contribution in [1.82, 2.24) is 15.0 Å². The molecule has 0 N–H and O–H groups in total. The fourth-order valence-electron chi connectivity index (χ4n) is 2.09. The first kappa shape index (κ1) is 15.1. The first-order valence-corrected chi connectivity index (χ1v) is 7.12. The van der Waals surface area contributed by atoms with Gasteiger partial charge in [-0.15, -0.1) is 0 Å². The largest absolute Gasteiger partial charge is 0.383 e. The maximum Gasteiger partial charge on any atom is 0.383 e. The number of hydrogen-bond acceptors (Lipinski definition) is 6. The van der Waals surface area contributed by atoms with Crippen LogP contribution in [0.1, 0.15) is 44.0 Å². The second kappa shape index (κ2) is 5.77. The fraction of sp³-hybridized carbons (Fsp3) is 0.133. The Balaban J connectivity index is 1.88. The number of amides is 2. The summed E-state index contributed by atoms with van der Waals surface area (Å²) in [7, 11) is 0. The summed E-state index contributed by atoms with van der Waals surface area (Å²) in [4.78, 5) is 49.3. The monoisotopic (exact) mass is 331 g/mol. The smallest absolute Gasteiger partial charge is 0.322 e. The molecule has 7 nitrogen and oxygen atoms in total. The summed E-state index contributed by atoms with van der Waals surface area (Å²) in [6, 6.07) is 6.20. The molecule has 0 saturated carbocycles. The van der Waals surface area contributed by atoms with Gasteiger partial charge in [-0.1, -0.05) is 35.7 Å². The summed E-state index contributed by atoms with van der Waals surface area (Å²) in [6.45, 7) is 1.81. The Morgan fingerprint density at radius 3 is 2.39 bits per heavy atom. The topological polar surface area (TPSA) is 89.5 Å². The zero-order valence-electron chi connectivity index (χ0n) is 11.9. The molecule has 3 rings (SSSR count). The summed E-state index contributed by atoms with van der Waals surface area (Å²) in [5.74, 6) is -2.02. The number of aryl methyl sites for hydroxylation is 1. The maximum absolute atomic E-state index is 12.2. The summed E-state index contributed by atoms with van der Waals surface area (Å²) < 4.78 is 0. The van der Waals surface area contributed by atoms with Gasteiger partial charge in [0.15, 0.2) is 5.69 Å². The van der Waals surface area contributed by atoms with Gasteiger partial charge in [0.05, 0.1) is 22.3 Å². The molecule has 1 aromatic carbocycles. The van der Waals surface area contributed by atoms with Gasteiger partial charge >= 0.3 is 5.97 Å². The minimum atomic E-state index is -0.999. The van der Waals surface area contributed by atoms with Gasteiger partial charge < -0.3 is 4.84 Å². The Morgan fingerprint density at radius 1 is 1.22 bits per heavy atom. The standard InChI is InChI=1S/C15H10ClN3O4/c1-2-11-17-7-10(16)12(18-11)15(22)23-19-13(20)8-5-3-4-6-9(8)14(19)21/h3-7H,2H2,1H3. The number of carbonyl (C=O) groups excluding carboxylic acids is 3. The summed E-state index contributed by atoms with van der Waals surface area (Å²) >= 11 is 5.88. The molecule has 2 amide bonds. The number of fused-ring (bicyclic) bond motifs is 1. The van der Waals surface area contributed by atoms with Crippen molar-refractivity contribution in [3.05, 3.63) is 58.1 Å². The molecular weight excluding hydrogens is 322 g/mol. The molecule has 1 aliphatic rings. The Hall–Kier alpha value is -2.80. The second-order valence-electron chi connectivity index (χ2n) is 4.67. The van der Waals surface area contributed by atoms with E-state index in [9.17, 15) is 14.4 Å². The average Bonchev–Trinajstić information content (AvgIpc) is 2.80. The van der Waals surface area contributed by atoms with Crippen LogP contribution < -0.4 is 0 Å². The quantitative estimate of drug-likeness (QED) is 0.800. The molecule has 0 radical (unpaired) electrons. The molecule has 0 fully saturated rings. The van der Waals surface area contributed by atoms with E-state index in [-0.39, 0.29) is 21.8 Å². The molecule has 0 aliphatic carbocycles. The van der Waals surface area contributed by atoms with E-state index in [1.807, 2.05) is 6.92 Å². The van der Waals surface area contributed by atoms with E-state index >= 15 is 0 Å². The van der Waals surface area contributed by atoms with Crippen molar-refractivity contribution in [3.8, 4) is 0 Å². The van der Waals surface area contributed by atoms with E-state index in [2.05, 4.69) is 9.97 Å². The number of imide groups is 1. The van der Waals surface area contributed by atoms with Crippen molar-refractivity contribution in [1.29, 1.82) is 0 Å². The maximum atomic E-state index is 12.2. The van der Waals surface area contributed by atoms with Gasteiger partial charge in [-0.25, -0.2) is 14.8 Å². The number of halogens is 1. The molecule has 23 heavy (non-hydrogen) atoms. The predicted molar refractivity (Wildman–Crippen MR) is 78.8 cm³/mol. The van der Waals surface area contributed by atoms with Crippen LogP contribution in [-0.2, 0) is 11.3 Å². The van der Waals surface area contributed by atoms with Crippen LogP contribution >= 0.6 is 11.6 Å². The first-order chi connectivity index (χ1) is 11.0. The van der Waals surface area contributed by atoms with Crippen LogP contribution in [-0.4, -0.2) is 32.8 Å². The van der Waals surface area contributed by atoms with Crippen molar-refractivity contribution >= 4 is 29.4 Å². The van der Waals surface area contributed by atoms with Crippen molar-refractivity contribution in [2.24, 2.45) is 0 Å². The number of carbonyl (C=O) groups is 3. The van der Waals surface area contributed by atoms with Gasteiger partial charge in [-0.3, -0.25) is 9.59 Å². The van der Waals surface area contributed by atoms with Crippen LogP contribution in [0.3, 0.4) is 0 Å². The SMILES string of the molecule is CCc1ncc(Cl)c(C(=O)ON2C(=O)c3ccccc3C2=O)n1. The minimum absolute atomic E-state index is 0.0243. The highest BCUT2D eigenvalue weighted by Crippen LogP contribution is 2.24. The lowest BCUT2D eigenvalue weighted by Crippen LogP contribution is -2.33. The molecule has 0 saturated heterocycles. The third kappa shape index (κ3) is 2.55. The first-order valence-electron chi connectivity index (χ1n) is 6.74. The molecule has 0 bridgehead atoms. The van der Waals surface area contributed by atoms with Crippen molar-refractivity contribution in [2.75, 3.05) is 0 Å². The van der Waals surface area contributed by atoms with Gasteiger partial charge in [0.1, 0.15) is 5.82 Å². The molecule has 0 spiro atoms. The second-order valence-corrected chi connectivity index (χ2v) is 5.07. The van der Waals surface area contributed by atoms with Crippen LogP contribution in [0, 0.1) is 0 Å². The number of rotatable bonds is 3. The van der Waals surface area contributed by atoms with Gasteiger partial charge in [-0.05, 0) is 12.1 Å². The molecule has 8 heteroatoms. The van der Waals surface area contributed by atoms with Crippen molar-refractivity contribution in [3.63, 3.8) is 0 Å². The fourth-order valence-corrected chi connectivity index (χ4v) is 2.26. The number of aromatic nitrogens is 2. The highest BCUT2D eigenvalue weighted by molar-refractivity contribution is 6.33. The average molecular weight is 332 g/mol. The number of hydrogen-bond donors (Lipinski definition) is 0.